The zero-order chi connectivity index (χ0) is 9.26. The number of hydrogen-bond acceptors (Lipinski definition) is 3. The quantitative estimate of drug-likeness (QED) is 0.690. The molecular formula is C10H8N2S. The summed E-state index contributed by atoms with van der Waals surface area (Å²) in [6.07, 6.45) is 1.03. The Labute approximate surface area is 80.5 Å². The molecule has 0 aromatic carbocycles. The van der Waals surface area contributed by atoms with Gasteiger partial charge in [-0.15, -0.1) is 11.3 Å². The predicted octanol–water partition coefficient (Wildman–Crippen LogP) is 2.73. The molecule has 2 rings (SSSR count). The van der Waals surface area contributed by atoms with Crippen LogP contribution in [0.4, 0.5) is 0 Å². The second kappa shape index (κ2) is 3.15. The normalized spacial score (nSPS) is 10.2. The first-order valence-corrected chi connectivity index (χ1v) is 4.94. The van der Waals surface area contributed by atoms with Crippen LogP contribution in [-0.4, -0.2) is 4.98 Å². The number of aromatic nitrogens is 1. The van der Waals surface area contributed by atoms with Gasteiger partial charge in [0.1, 0.15) is 16.6 Å². The van der Waals surface area contributed by atoms with Crippen LogP contribution < -0.4 is 0 Å². The van der Waals surface area contributed by atoms with Crippen LogP contribution in [0.2, 0.25) is 0 Å². The van der Waals surface area contributed by atoms with Gasteiger partial charge in [0.15, 0.2) is 0 Å². The number of nitrogens with zero attached hydrogens (tertiary/aromatic N) is 2. The molecule has 0 spiro atoms. The topological polar surface area (TPSA) is 36.7 Å². The van der Waals surface area contributed by atoms with Crippen molar-refractivity contribution in [3.05, 3.63) is 28.8 Å². The van der Waals surface area contributed by atoms with Gasteiger partial charge in [0.25, 0.3) is 0 Å². The van der Waals surface area contributed by atoms with Gasteiger partial charge < -0.3 is 0 Å². The van der Waals surface area contributed by atoms with Crippen molar-refractivity contribution in [3.8, 4) is 6.07 Å². The van der Waals surface area contributed by atoms with Crippen LogP contribution in [0, 0.1) is 11.3 Å². The number of nitriles is 1. The molecule has 0 aliphatic heterocycles. The number of fused-ring (bicyclic) bond motifs is 1. The minimum absolute atomic E-state index is 0.497. The van der Waals surface area contributed by atoms with Crippen molar-refractivity contribution in [1.29, 1.82) is 5.26 Å². The van der Waals surface area contributed by atoms with Gasteiger partial charge >= 0.3 is 0 Å². The molecule has 2 aromatic heterocycles. The van der Waals surface area contributed by atoms with Crippen LogP contribution in [0.3, 0.4) is 0 Å². The summed E-state index contributed by atoms with van der Waals surface area (Å²) in [5, 5.41) is 9.79. The molecule has 0 amide bonds. The van der Waals surface area contributed by atoms with Crippen LogP contribution >= 0.6 is 11.3 Å². The predicted molar refractivity (Wildman–Crippen MR) is 53.7 cm³/mol. The Kier molecular flexibility index (Phi) is 1.99. The average Bonchev–Trinajstić information content (AvgIpc) is 2.58. The van der Waals surface area contributed by atoms with Gasteiger partial charge in [0.05, 0.1) is 0 Å². The highest BCUT2D eigenvalue weighted by Gasteiger charge is 2.01. The van der Waals surface area contributed by atoms with E-state index in [-0.39, 0.29) is 0 Å². The van der Waals surface area contributed by atoms with Gasteiger partial charge in [0, 0.05) is 10.3 Å². The minimum Gasteiger partial charge on any atom is -0.226 e. The Hall–Kier alpha value is -1.40. The third-order valence-corrected chi connectivity index (χ3v) is 3.09. The molecule has 0 N–H and O–H groups in total. The molecule has 0 atom stereocenters. The van der Waals surface area contributed by atoms with E-state index in [2.05, 4.69) is 18.0 Å². The second-order valence-corrected chi connectivity index (χ2v) is 3.88. The Morgan fingerprint density at radius 3 is 3.08 bits per heavy atom. The fraction of sp³-hybridized carbons (Fsp3) is 0.200. The van der Waals surface area contributed by atoms with E-state index < -0.39 is 0 Å². The Balaban J connectivity index is 2.65. The molecule has 0 aliphatic carbocycles. The monoisotopic (exact) mass is 188 g/mol. The summed E-state index contributed by atoms with van der Waals surface area (Å²) in [6, 6.07) is 7.89. The second-order valence-electron chi connectivity index (χ2n) is 2.77. The highest BCUT2D eigenvalue weighted by Crippen LogP contribution is 2.24. The summed E-state index contributed by atoms with van der Waals surface area (Å²) >= 11 is 1.66. The molecule has 0 bridgehead atoms. The highest BCUT2D eigenvalue weighted by molar-refractivity contribution is 7.18. The van der Waals surface area contributed by atoms with Crippen LogP contribution in [0.25, 0.3) is 10.2 Å². The first-order chi connectivity index (χ1) is 6.33. The van der Waals surface area contributed by atoms with Gasteiger partial charge in [-0.2, -0.15) is 5.26 Å². The number of hydrogen-bond donors (Lipinski definition) is 0. The Morgan fingerprint density at radius 2 is 2.38 bits per heavy atom. The number of pyridine rings is 1. The first-order valence-electron chi connectivity index (χ1n) is 4.13. The molecule has 0 aliphatic rings. The lowest BCUT2D eigenvalue weighted by Crippen LogP contribution is -1.78. The molecule has 2 heterocycles. The fourth-order valence-electron chi connectivity index (χ4n) is 1.21. The highest BCUT2D eigenvalue weighted by atomic mass is 32.1. The molecule has 0 unspecified atom stereocenters. The van der Waals surface area contributed by atoms with Gasteiger partial charge in [-0.25, -0.2) is 4.98 Å². The Morgan fingerprint density at radius 1 is 1.54 bits per heavy atom. The maximum Gasteiger partial charge on any atom is 0.142 e. The molecule has 3 heteroatoms. The molecule has 13 heavy (non-hydrogen) atoms. The maximum absolute atomic E-state index is 8.65. The number of rotatable bonds is 1. The zero-order valence-corrected chi connectivity index (χ0v) is 8.06. The molecule has 0 saturated carbocycles. The van der Waals surface area contributed by atoms with Crippen molar-refractivity contribution in [2.45, 2.75) is 13.3 Å². The minimum atomic E-state index is 0.497. The standard InChI is InChI=1S/C10H8N2S/c1-2-9-5-7-3-4-8(6-11)12-10(7)13-9/h3-5H,2H2,1H3. The van der Waals surface area contributed by atoms with E-state index in [9.17, 15) is 0 Å². The van der Waals surface area contributed by atoms with E-state index in [1.165, 1.54) is 4.88 Å². The SMILES string of the molecule is CCc1cc2ccc(C#N)nc2s1. The van der Waals surface area contributed by atoms with Gasteiger partial charge in [-0.3, -0.25) is 0 Å². The summed E-state index contributed by atoms with van der Waals surface area (Å²) < 4.78 is 0. The van der Waals surface area contributed by atoms with E-state index in [0.717, 1.165) is 16.6 Å². The first kappa shape index (κ1) is 8.21. The van der Waals surface area contributed by atoms with Crippen molar-refractivity contribution in [1.82, 2.24) is 4.98 Å². The van der Waals surface area contributed by atoms with Gasteiger partial charge in [0.2, 0.25) is 0 Å². The van der Waals surface area contributed by atoms with Crippen molar-refractivity contribution >= 4 is 21.6 Å². The average molecular weight is 188 g/mol. The fourth-order valence-corrected chi connectivity index (χ4v) is 2.17. The lowest BCUT2D eigenvalue weighted by molar-refractivity contribution is 1.19. The molecule has 0 fully saturated rings. The lowest BCUT2D eigenvalue weighted by atomic mass is 10.3. The zero-order valence-electron chi connectivity index (χ0n) is 7.24. The smallest absolute Gasteiger partial charge is 0.142 e. The van der Waals surface area contributed by atoms with Crippen molar-refractivity contribution < 1.29 is 0 Å². The summed E-state index contributed by atoms with van der Waals surface area (Å²) in [7, 11) is 0. The molecule has 0 saturated heterocycles. The van der Waals surface area contributed by atoms with E-state index in [0.29, 0.717) is 5.69 Å². The summed E-state index contributed by atoms with van der Waals surface area (Å²) in [4.78, 5) is 6.51. The van der Waals surface area contributed by atoms with Crippen LogP contribution in [0.5, 0.6) is 0 Å². The Bertz CT molecular complexity index is 479. The van der Waals surface area contributed by atoms with E-state index in [1.807, 2.05) is 12.1 Å². The molecular weight excluding hydrogens is 180 g/mol. The lowest BCUT2D eigenvalue weighted by Gasteiger charge is -1.87. The van der Waals surface area contributed by atoms with Crippen molar-refractivity contribution in [3.63, 3.8) is 0 Å². The molecule has 2 aromatic rings. The van der Waals surface area contributed by atoms with Crippen molar-refractivity contribution in [2.24, 2.45) is 0 Å². The van der Waals surface area contributed by atoms with E-state index >= 15 is 0 Å². The molecule has 0 radical (unpaired) electrons. The van der Waals surface area contributed by atoms with Crippen LogP contribution in [0.15, 0.2) is 18.2 Å². The molecule has 64 valence electrons. The van der Waals surface area contributed by atoms with E-state index in [4.69, 9.17) is 5.26 Å². The summed E-state index contributed by atoms with van der Waals surface area (Å²) in [5.41, 5.74) is 0.497. The largest absolute Gasteiger partial charge is 0.226 e. The summed E-state index contributed by atoms with van der Waals surface area (Å²) in [6.45, 7) is 2.12. The molecule has 2 nitrogen and oxygen atoms in total. The summed E-state index contributed by atoms with van der Waals surface area (Å²) in [5.74, 6) is 0. The maximum atomic E-state index is 8.65. The van der Waals surface area contributed by atoms with Crippen LogP contribution in [0.1, 0.15) is 17.5 Å². The van der Waals surface area contributed by atoms with Gasteiger partial charge in [-0.1, -0.05) is 6.92 Å². The number of thiophene rings is 1. The van der Waals surface area contributed by atoms with Gasteiger partial charge in [-0.05, 0) is 24.6 Å². The van der Waals surface area contributed by atoms with Crippen molar-refractivity contribution in [2.75, 3.05) is 0 Å². The third-order valence-electron chi connectivity index (χ3n) is 1.90. The third kappa shape index (κ3) is 1.41. The van der Waals surface area contributed by atoms with E-state index in [1.54, 1.807) is 17.4 Å². The van der Waals surface area contributed by atoms with Crippen LogP contribution in [-0.2, 0) is 6.42 Å². The number of aryl methyl sites for hydroxylation is 1.